The molecule has 1 aromatic carbocycles. The van der Waals surface area contributed by atoms with Gasteiger partial charge in [-0.15, -0.1) is 0 Å². The van der Waals surface area contributed by atoms with E-state index in [-0.39, 0.29) is 0 Å². The second kappa shape index (κ2) is 5.04. The fraction of sp³-hybridized carbons (Fsp3) is 0.400. The third-order valence-corrected chi connectivity index (χ3v) is 3.81. The first kappa shape index (κ1) is 11.6. The number of hydrogen-bond acceptors (Lipinski definition) is 3. The number of benzene rings is 1. The van der Waals surface area contributed by atoms with Crippen molar-refractivity contribution in [3.63, 3.8) is 0 Å². The van der Waals surface area contributed by atoms with E-state index in [9.17, 15) is 5.11 Å². The zero-order chi connectivity index (χ0) is 12.4. The molecule has 0 saturated carbocycles. The van der Waals surface area contributed by atoms with Gasteiger partial charge >= 0.3 is 0 Å². The first-order chi connectivity index (χ1) is 8.86. The minimum absolute atomic E-state index is 0.346. The fourth-order valence-electron chi connectivity index (χ4n) is 2.78. The van der Waals surface area contributed by atoms with Crippen molar-refractivity contribution in [2.75, 3.05) is 13.1 Å². The summed E-state index contributed by atoms with van der Waals surface area (Å²) >= 11 is 0. The summed E-state index contributed by atoms with van der Waals surface area (Å²) in [7, 11) is 0. The highest BCUT2D eigenvalue weighted by Crippen LogP contribution is 2.32. The molecule has 94 valence electrons. The van der Waals surface area contributed by atoms with E-state index in [4.69, 9.17) is 0 Å². The maximum absolute atomic E-state index is 10.6. The van der Waals surface area contributed by atoms with Gasteiger partial charge in [0, 0.05) is 17.1 Å². The Morgan fingerprint density at radius 2 is 1.94 bits per heavy atom. The van der Waals surface area contributed by atoms with Gasteiger partial charge in [0.05, 0.1) is 11.6 Å². The van der Waals surface area contributed by atoms with Crippen molar-refractivity contribution < 1.29 is 5.11 Å². The van der Waals surface area contributed by atoms with E-state index in [1.807, 2.05) is 30.3 Å². The molecule has 3 rings (SSSR count). The van der Waals surface area contributed by atoms with Gasteiger partial charge in [0.15, 0.2) is 0 Å². The first-order valence-electron chi connectivity index (χ1n) is 6.58. The van der Waals surface area contributed by atoms with Crippen LogP contribution in [0.4, 0.5) is 0 Å². The Hall–Kier alpha value is -1.45. The molecule has 0 spiro atoms. The Morgan fingerprint density at radius 1 is 1.17 bits per heavy atom. The van der Waals surface area contributed by atoms with Gasteiger partial charge in [0.2, 0.25) is 0 Å². The Labute approximate surface area is 107 Å². The normalized spacial score (nSPS) is 18.9. The highest BCUT2D eigenvalue weighted by atomic mass is 16.3. The van der Waals surface area contributed by atoms with E-state index in [1.165, 1.54) is 0 Å². The number of aromatic nitrogens is 1. The van der Waals surface area contributed by atoms with Crippen LogP contribution >= 0.6 is 0 Å². The van der Waals surface area contributed by atoms with Gasteiger partial charge in [-0.3, -0.25) is 4.98 Å². The molecule has 1 saturated heterocycles. The second-order valence-electron chi connectivity index (χ2n) is 4.95. The minimum atomic E-state index is -0.398. The molecule has 3 nitrogen and oxygen atoms in total. The van der Waals surface area contributed by atoms with E-state index < -0.39 is 6.10 Å². The van der Waals surface area contributed by atoms with Crippen molar-refractivity contribution in [3.05, 3.63) is 42.1 Å². The zero-order valence-electron chi connectivity index (χ0n) is 10.3. The van der Waals surface area contributed by atoms with Crippen LogP contribution in [0.1, 0.15) is 24.5 Å². The molecule has 1 aromatic heterocycles. The summed E-state index contributed by atoms with van der Waals surface area (Å²) in [5.41, 5.74) is 1.91. The fourth-order valence-corrected chi connectivity index (χ4v) is 2.78. The Balaban J connectivity index is 1.97. The number of hydrogen-bond donors (Lipinski definition) is 2. The average Bonchev–Trinajstić information content (AvgIpc) is 2.47. The molecular formula is C15H18N2O. The Morgan fingerprint density at radius 3 is 2.78 bits per heavy atom. The van der Waals surface area contributed by atoms with E-state index in [2.05, 4.69) is 10.3 Å². The summed E-state index contributed by atoms with van der Waals surface area (Å²) in [6.07, 6.45) is 3.46. The molecule has 1 aliphatic rings. The lowest BCUT2D eigenvalue weighted by molar-refractivity contribution is 0.0900. The summed E-state index contributed by atoms with van der Waals surface area (Å²) in [5, 5.41) is 15.0. The third kappa shape index (κ3) is 2.11. The zero-order valence-corrected chi connectivity index (χ0v) is 10.3. The van der Waals surface area contributed by atoms with Crippen LogP contribution in [0.5, 0.6) is 0 Å². The predicted octanol–water partition coefficient (Wildman–Crippen LogP) is 2.27. The first-order valence-corrected chi connectivity index (χ1v) is 6.58. The molecule has 0 amide bonds. The summed E-state index contributed by atoms with van der Waals surface area (Å²) in [4.78, 5) is 4.42. The maximum atomic E-state index is 10.6. The monoisotopic (exact) mass is 242 g/mol. The van der Waals surface area contributed by atoms with Crippen LogP contribution in [0.3, 0.4) is 0 Å². The molecule has 1 aliphatic heterocycles. The van der Waals surface area contributed by atoms with E-state index >= 15 is 0 Å². The number of para-hydroxylation sites is 1. The van der Waals surface area contributed by atoms with Crippen molar-refractivity contribution >= 4 is 10.9 Å². The summed E-state index contributed by atoms with van der Waals surface area (Å²) in [5.74, 6) is 0.346. The van der Waals surface area contributed by atoms with Gasteiger partial charge in [0.25, 0.3) is 0 Å². The van der Waals surface area contributed by atoms with Crippen molar-refractivity contribution in [2.45, 2.75) is 18.9 Å². The number of pyridine rings is 1. The van der Waals surface area contributed by atoms with E-state index in [1.54, 1.807) is 6.20 Å². The molecular weight excluding hydrogens is 224 g/mol. The SMILES string of the molecule is OC(c1cccc2cccnc12)C1CCNCC1. The third-order valence-electron chi connectivity index (χ3n) is 3.81. The molecule has 3 heteroatoms. The second-order valence-corrected chi connectivity index (χ2v) is 4.95. The Kier molecular flexibility index (Phi) is 3.26. The number of nitrogens with zero attached hydrogens (tertiary/aromatic N) is 1. The number of rotatable bonds is 2. The van der Waals surface area contributed by atoms with Crippen LogP contribution in [-0.4, -0.2) is 23.2 Å². The Bertz CT molecular complexity index is 530. The highest BCUT2D eigenvalue weighted by molar-refractivity contribution is 5.81. The van der Waals surface area contributed by atoms with Crippen molar-refractivity contribution in [2.24, 2.45) is 5.92 Å². The summed E-state index contributed by atoms with van der Waals surface area (Å²) in [6, 6.07) is 10.0. The summed E-state index contributed by atoms with van der Waals surface area (Å²) < 4.78 is 0. The lowest BCUT2D eigenvalue weighted by atomic mass is 9.87. The molecule has 2 heterocycles. The standard InChI is InChI=1S/C15H18N2O/c18-15(12-6-9-16-10-7-12)13-5-1-3-11-4-2-8-17-14(11)13/h1-5,8,12,15-16,18H,6-7,9-10H2. The predicted molar refractivity (Wildman–Crippen MR) is 72.3 cm³/mol. The van der Waals surface area contributed by atoms with E-state index in [0.717, 1.165) is 42.4 Å². The lowest BCUT2D eigenvalue weighted by Crippen LogP contribution is -2.30. The quantitative estimate of drug-likeness (QED) is 0.849. The molecule has 2 aromatic rings. The number of fused-ring (bicyclic) bond motifs is 1. The van der Waals surface area contributed by atoms with Gasteiger partial charge in [0.1, 0.15) is 0 Å². The lowest BCUT2D eigenvalue weighted by Gasteiger charge is -2.27. The molecule has 1 atom stereocenters. The molecule has 0 aliphatic carbocycles. The van der Waals surface area contributed by atoms with Gasteiger partial charge < -0.3 is 10.4 Å². The number of aliphatic hydroxyl groups is 1. The van der Waals surface area contributed by atoms with Crippen LogP contribution in [0.15, 0.2) is 36.5 Å². The van der Waals surface area contributed by atoms with Crippen LogP contribution in [0.25, 0.3) is 10.9 Å². The van der Waals surface area contributed by atoms with Crippen LogP contribution < -0.4 is 5.32 Å². The largest absolute Gasteiger partial charge is 0.388 e. The topological polar surface area (TPSA) is 45.2 Å². The molecule has 2 N–H and O–H groups in total. The van der Waals surface area contributed by atoms with E-state index in [0.29, 0.717) is 5.92 Å². The van der Waals surface area contributed by atoms with Gasteiger partial charge in [-0.2, -0.15) is 0 Å². The molecule has 1 unspecified atom stereocenters. The smallest absolute Gasteiger partial charge is 0.0840 e. The van der Waals surface area contributed by atoms with Gasteiger partial charge in [-0.25, -0.2) is 0 Å². The van der Waals surface area contributed by atoms with Crippen molar-refractivity contribution in [3.8, 4) is 0 Å². The van der Waals surface area contributed by atoms with Gasteiger partial charge in [-0.05, 0) is 37.9 Å². The highest BCUT2D eigenvalue weighted by Gasteiger charge is 2.24. The molecule has 0 radical (unpaired) electrons. The number of aliphatic hydroxyl groups excluding tert-OH is 1. The number of piperidine rings is 1. The molecule has 0 bridgehead atoms. The molecule has 1 fully saturated rings. The summed E-state index contributed by atoms with van der Waals surface area (Å²) in [6.45, 7) is 2.00. The number of nitrogens with one attached hydrogen (secondary N) is 1. The van der Waals surface area contributed by atoms with Gasteiger partial charge in [-0.1, -0.05) is 24.3 Å². The van der Waals surface area contributed by atoms with Crippen LogP contribution in [0, 0.1) is 5.92 Å². The maximum Gasteiger partial charge on any atom is 0.0840 e. The molecule has 18 heavy (non-hydrogen) atoms. The van der Waals surface area contributed by atoms with Crippen molar-refractivity contribution in [1.29, 1.82) is 0 Å². The van der Waals surface area contributed by atoms with Crippen LogP contribution in [-0.2, 0) is 0 Å². The average molecular weight is 242 g/mol. The van der Waals surface area contributed by atoms with Crippen molar-refractivity contribution in [1.82, 2.24) is 10.3 Å². The minimum Gasteiger partial charge on any atom is -0.388 e. The van der Waals surface area contributed by atoms with Crippen LogP contribution in [0.2, 0.25) is 0 Å².